The van der Waals surface area contributed by atoms with E-state index in [0.29, 0.717) is 17.4 Å². The highest BCUT2D eigenvalue weighted by molar-refractivity contribution is 5.97. The molecule has 3 N–H and O–H groups in total. The average molecular weight is 571 g/mol. The first-order valence-electron chi connectivity index (χ1n) is 14.5. The van der Waals surface area contributed by atoms with Crippen LogP contribution in [0.4, 0.5) is 5.82 Å². The van der Waals surface area contributed by atoms with Crippen molar-refractivity contribution in [3.63, 3.8) is 0 Å². The fraction of sp³-hybridized carbons (Fsp3) is 0.235. The largest absolute Gasteiger partial charge is 0.367 e. The predicted octanol–water partition coefficient (Wildman–Crippen LogP) is 5.83. The van der Waals surface area contributed by atoms with Crippen LogP contribution in [0.5, 0.6) is 0 Å². The van der Waals surface area contributed by atoms with Gasteiger partial charge in [0.15, 0.2) is 0 Å². The predicted molar refractivity (Wildman–Crippen MR) is 169 cm³/mol. The number of amides is 1. The molecule has 0 aliphatic carbocycles. The lowest BCUT2D eigenvalue weighted by atomic mass is 9.97. The summed E-state index contributed by atoms with van der Waals surface area (Å²) in [5.41, 5.74) is 11.5. The van der Waals surface area contributed by atoms with Crippen LogP contribution in [0, 0.1) is 11.3 Å². The second-order valence-corrected chi connectivity index (χ2v) is 10.1. The number of nitrogens with two attached hydrogens (primary N) is 1. The Hall–Kier alpha value is -5.20. The second-order valence-electron chi connectivity index (χ2n) is 10.1. The van der Waals surface area contributed by atoms with Gasteiger partial charge in [-0.1, -0.05) is 68.4 Å². The highest BCUT2D eigenvalue weighted by Crippen LogP contribution is 2.33. The molecule has 43 heavy (non-hydrogen) atoms. The molecule has 0 unspecified atom stereocenters. The van der Waals surface area contributed by atoms with Gasteiger partial charge in [0.2, 0.25) is 5.82 Å². The Balaban J connectivity index is 0.00000180. The first-order chi connectivity index (χ1) is 21.1. The van der Waals surface area contributed by atoms with Gasteiger partial charge >= 0.3 is 0 Å². The second kappa shape index (κ2) is 13.6. The van der Waals surface area contributed by atoms with Gasteiger partial charge < -0.3 is 11.1 Å². The van der Waals surface area contributed by atoms with Crippen LogP contribution in [0.15, 0.2) is 85.2 Å². The summed E-state index contributed by atoms with van der Waals surface area (Å²) in [6.45, 7) is 6.82. The van der Waals surface area contributed by atoms with Gasteiger partial charge in [-0.05, 0) is 42.2 Å². The molecule has 3 aromatic heterocycles. The van der Waals surface area contributed by atoms with Crippen molar-refractivity contribution in [2.45, 2.75) is 39.3 Å². The molecule has 0 spiro atoms. The van der Waals surface area contributed by atoms with Gasteiger partial charge in [0.05, 0.1) is 17.4 Å². The van der Waals surface area contributed by atoms with Crippen molar-refractivity contribution in [2.24, 2.45) is 5.73 Å². The maximum absolute atomic E-state index is 11.7. The number of primary amides is 1. The first-order valence-corrected chi connectivity index (χ1v) is 14.5. The molecule has 0 bridgehead atoms. The quantitative estimate of drug-likeness (QED) is 0.250. The molecule has 4 heterocycles. The van der Waals surface area contributed by atoms with Crippen LogP contribution in [0.3, 0.4) is 0 Å². The topological polar surface area (TPSA) is 134 Å². The van der Waals surface area contributed by atoms with Crippen molar-refractivity contribution in [3.05, 3.63) is 102 Å². The van der Waals surface area contributed by atoms with E-state index in [4.69, 9.17) is 16.0 Å². The molecule has 0 saturated carbocycles. The highest BCUT2D eigenvalue weighted by atomic mass is 16.1. The zero-order valence-electron chi connectivity index (χ0n) is 24.4. The van der Waals surface area contributed by atoms with Gasteiger partial charge in [-0.3, -0.25) is 9.69 Å². The number of likely N-dealkylation sites (tertiary alicyclic amines) is 1. The van der Waals surface area contributed by atoms with Crippen LogP contribution in [0.25, 0.3) is 33.3 Å². The van der Waals surface area contributed by atoms with Crippen molar-refractivity contribution in [1.29, 1.82) is 5.26 Å². The summed E-state index contributed by atoms with van der Waals surface area (Å²) in [5.74, 6) is 0.319. The smallest absolute Gasteiger partial charge is 0.267 e. The minimum absolute atomic E-state index is 0.180. The standard InChI is InChI=1S/C32H28N8O.C2H6/c33-18-30-35-13-10-29(39-30)37-25-11-14-40(15-12-25)20-21-6-8-23(9-7-21)31-26(22-4-2-1-3-5-22)16-24-17-27(32(34)41)36-19-28(24)38-31;1-2/h1-10,13,16-17,19,25H,11-12,14-15,20H2,(H2,34,41)(H,35,37,39);1-2H3. The lowest BCUT2D eigenvalue weighted by Crippen LogP contribution is -2.38. The Morgan fingerprint density at radius 1 is 0.977 bits per heavy atom. The van der Waals surface area contributed by atoms with Crippen LogP contribution in [0.2, 0.25) is 0 Å². The van der Waals surface area contributed by atoms with Gasteiger partial charge in [-0.15, -0.1) is 0 Å². The maximum atomic E-state index is 11.7. The Bertz CT molecular complexity index is 1740. The molecular formula is C34H34N8O. The molecule has 5 aromatic rings. The molecule has 1 fully saturated rings. The average Bonchev–Trinajstić information content (AvgIpc) is 3.06. The zero-order valence-corrected chi connectivity index (χ0v) is 24.4. The molecule has 9 nitrogen and oxygen atoms in total. The van der Waals surface area contributed by atoms with Crippen molar-refractivity contribution >= 4 is 22.6 Å². The minimum atomic E-state index is -0.562. The third kappa shape index (κ3) is 7.00. The number of hydrogen-bond donors (Lipinski definition) is 2. The molecule has 6 rings (SSSR count). The number of fused-ring (bicyclic) bond motifs is 1. The molecule has 216 valence electrons. The van der Waals surface area contributed by atoms with Gasteiger partial charge in [0.25, 0.3) is 5.91 Å². The van der Waals surface area contributed by atoms with Crippen LogP contribution in [-0.2, 0) is 6.54 Å². The molecule has 0 atom stereocenters. The van der Waals surface area contributed by atoms with E-state index in [1.165, 1.54) is 5.56 Å². The lowest BCUT2D eigenvalue weighted by molar-refractivity contribution is 0.0995. The van der Waals surface area contributed by atoms with Gasteiger partial charge in [0, 0.05) is 48.4 Å². The number of carbonyl (C=O) groups is 1. The molecule has 1 saturated heterocycles. The summed E-state index contributed by atoms with van der Waals surface area (Å²) >= 11 is 0. The lowest BCUT2D eigenvalue weighted by Gasteiger charge is -2.32. The molecule has 0 radical (unpaired) electrons. The number of piperidine rings is 1. The molecule has 2 aromatic carbocycles. The van der Waals surface area contributed by atoms with E-state index >= 15 is 0 Å². The van der Waals surface area contributed by atoms with E-state index in [9.17, 15) is 4.79 Å². The monoisotopic (exact) mass is 570 g/mol. The van der Waals surface area contributed by atoms with Crippen LogP contribution < -0.4 is 11.1 Å². The summed E-state index contributed by atoms with van der Waals surface area (Å²) in [5, 5.41) is 13.3. The van der Waals surface area contributed by atoms with Crippen molar-refractivity contribution in [1.82, 2.24) is 24.8 Å². The Kier molecular flexibility index (Phi) is 9.29. The fourth-order valence-corrected chi connectivity index (χ4v) is 5.23. The summed E-state index contributed by atoms with van der Waals surface area (Å²) in [7, 11) is 0. The zero-order chi connectivity index (χ0) is 30.2. The number of hydrogen-bond acceptors (Lipinski definition) is 8. The molecule has 1 aliphatic rings. The van der Waals surface area contributed by atoms with E-state index < -0.39 is 5.91 Å². The summed E-state index contributed by atoms with van der Waals surface area (Å²) in [6, 6.07) is 26.5. The number of carbonyl (C=O) groups excluding carboxylic acids is 1. The molecule has 9 heteroatoms. The number of nitrogens with one attached hydrogen (secondary N) is 1. The number of nitrogens with zero attached hydrogens (tertiary/aromatic N) is 6. The molecular weight excluding hydrogens is 536 g/mol. The number of rotatable bonds is 7. The maximum Gasteiger partial charge on any atom is 0.267 e. The van der Waals surface area contributed by atoms with Crippen molar-refractivity contribution < 1.29 is 4.79 Å². The van der Waals surface area contributed by atoms with Crippen LogP contribution in [-0.4, -0.2) is 49.9 Å². The normalized spacial score (nSPS) is 13.5. The number of anilines is 1. The van der Waals surface area contributed by atoms with E-state index in [-0.39, 0.29) is 11.5 Å². The Morgan fingerprint density at radius 2 is 1.72 bits per heavy atom. The summed E-state index contributed by atoms with van der Waals surface area (Å²) < 4.78 is 0. The first kappa shape index (κ1) is 29.3. The third-order valence-electron chi connectivity index (χ3n) is 7.37. The van der Waals surface area contributed by atoms with E-state index in [1.807, 2.05) is 38.1 Å². The van der Waals surface area contributed by atoms with Gasteiger partial charge in [0.1, 0.15) is 17.6 Å². The fourth-order valence-electron chi connectivity index (χ4n) is 5.23. The van der Waals surface area contributed by atoms with E-state index in [0.717, 1.165) is 60.2 Å². The highest BCUT2D eigenvalue weighted by Gasteiger charge is 2.20. The number of pyridine rings is 2. The van der Waals surface area contributed by atoms with Gasteiger partial charge in [-0.25, -0.2) is 19.9 Å². The summed E-state index contributed by atoms with van der Waals surface area (Å²) in [6.07, 6.45) is 5.21. The van der Waals surface area contributed by atoms with Gasteiger partial charge in [-0.2, -0.15) is 5.26 Å². The number of aromatic nitrogens is 4. The van der Waals surface area contributed by atoms with Crippen LogP contribution >= 0.6 is 0 Å². The van der Waals surface area contributed by atoms with Crippen molar-refractivity contribution in [3.8, 4) is 28.5 Å². The number of nitriles is 1. The summed E-state index contributed by atoms with van der Waals surface area (Å²) in [4.78, 5) is 31.5. The SMILES string of the molecule is CC.N#Cc1nccc(NC2CCN(Cc3ccc(-c4nc5cnc(C(N)=O)cc5cc4-c4ccccc4)cc3)CC2)n1. The van der Waals surface area contributed by atoms with Crippen LogP contribution in [0.1, 0.15) is 48.6 Å². The van der Waals surface area contributed by atoms with E-state index in [2.05, 4.69) is 67.6 Å². The van der Waals surface area contributed by atoms with Crippen molar-refractivity contribution in [2.75, 3.05) is 18.4 Å². The third-order valence-corrected chi connectivity index (χ3v) is 7.37. The number of benzene rings is 2. The Morgan fingerprint density at radius 3 is 2.42 bits per heavy atom. The van der Waals surface area contributed by atoms with E-state index in [1.54, 1.807) is 24.5 Å². The molecule has 1 aliphatic heterocycles. The molecule has 1 amide bonds. The Labute approximate surface area is 251 Å². The minimum Gasteiger partial charge on any atom is -0.367 e.